The first-order valence-corrected chi connectivity index (χ1v) is 9.69. The van der Waals surface area contributed by atoms with E-state index in [1.807, 2.05) is 24.4 Å². The van der Waals surface area contributed by atoms with Crippen LogP contribution in [0.5, 0.6) is 0 Å². The molecular weight excluding hydrogens is 344 g/mol. The van der Waals surface area contributed by atoms with Gasteiger partial charge >= 0.3 is 0 Å². The Morgan fingerprint density at radius 1 is 1.08 bits per heavy atom. The number of aromatic amines is 1. The highest BCUT2D eigenvalue weighted by Gasteiger charge is 2.34. The summed E-state index contributed by atoms with van der Waals surface area (Å²) in [6.07, 6.45) is 2.84. The molecule has 1 saturated heterocycles. The van der Waals surface area contributed by atoms with Crippen LogP contribution in [0.1, 0.15) is 17.9 Å². The number of rotatable bonds is 3. The molecule has 1 atom stereocenters. The fourth-order valence-corrected chi connectivity index (χ4v) is 5.01. The normalized spacial score (nSPS) is 19.1. The van der Waals surface area contributed by atoms with E-state index in [-0.39, 0.29) is 5.92 Å². The van der Waals surface area contributed by atoms with E-state index in [9.17, 15) is 8.42 Å². The first kappa shape index (κ1) is 15.7. The number of nitrogens with zero attached hydrogens (tertiary/aromatic N) is 1. The van der Waals surface area contributed by atoms with Gasteiger partial charge in [-0.2, -0.15) is 4.31 Å². The van der Waals surface area contributed by atoms with Crippen molar-refractivity contribution in [2.45, 2.75) is 17.2 Å². The van der Waals surface area contributed by atoms with Crippen LogP contribution in [0, 0.1) is 0 Å². The number of hydrogen-bond acceptors (Lipinski definition) is 2. The van der Waals surface area contributed by atoms with Crippen LogP contribution in [0.15, 0.2) is 59.6 Å². The Morgan fingerprint density at radius 2 is 1.83 bits per heavy atom. The zero-order valence-corrected chi connectivity index (χ0v) is 14.5. The largest absolute Gasteiger partial charge is 0.361 e. The Hall–Kier alpha value is -1.82. The quantitative estimate of drug-likeness (QED) is 0.767. The predicted octanol–water partition coefficient (Wildman–Crippen LogP) is 4.00. The molecule has 6 heteroatoms. The summed E-state index contributed by atoms with van der Waals surface area (Å²) in [6.45, 7) is 1.04. The second-order valence-corrected chi connectivity index (χ2v) is 8.47. The van der Waals surface area contributed by atoms with Gasteiger partial charge in [0.1, 0.15) is 0 Å². The van der Waals surface area contributed by atoms with Crippen LogP contribution >= 0.6 is 11.6 Å². The number of halogens is 1. The van der Waals surface area contributed by atoms with E-state index < -0.39 is 10.0 Å². The van der Waals surface area contributed by atoms with Crippen LogP contribution in [-0.4, -0.2) is 30.8 Å². The minimum absolute atomic E-state index is 0.211. The first-order chi connectivity index (χ1) is 11.6. The maximum atomic E-state index is 12.8. The van der Waals surface area contributed by atoms with Crippen LogP contribution in [-0.2, 0) is 10.0 Å². The molecule has 1 N–H and O–H groups in total. The second kappa shape index (κ2) is 5.92. The molecule has 4 nitrogen and oxygen atoms in total. The van der Waals surface area contributed by atoms with Gasteiger partial charge in [-0.1, -0.05) is 29.8 Å². The molecule has 1 unspecified atom stereocenters. The van der Waals surface area contributed by atoms with Crippen molar-refractivity contribution in [3.63, 3.8) is 0 Å². The molecule has 124 valence electrons. The zero-order valence-electron chi connectivity index (χ0n) is 12.9. The van der Waals surface area contributed by atoms with Crippen LogP contribution in [0.4, 0.5) is 0 Å². The van der Waals surface area contributed by atoms with Gasteiger partial charge in [0.05, 0.1) is 4.90 Å². The summed E-state index contributed by atoms with van der Waals surface area (Å²) in [5.74, 6) is 0.211. The average molecular weight is 361 g/mol. The molecule has 1 fully saturated rings. The van der Waals surface area contributed by atoms with E-state index in [1.165, 1.54) is 10.9 Å². The van der Waals surface area contributed by atoms with Crippen molar-refractivity contribution in [3.05, 3.63) is 65.3 Å². The smallest absolute Gasteiger partial charge is 0.243 e. The van der Waals surface area contributed by atoms with E-state index >= 15 is 0 Å². The lowest BCUT2D eigenvalue weighted by Gasteiger charge is -2.16. The van der Waals surface area contributed by atoms with Gasteiger partial charge in [-0.25, -0.2) is 8.42 Å². The van der Waals surface area contributed by atoms with Crippen LogP contribution in [0.2, 0.25) is 5.02 Å². The minimum Gasteiger partial charge on any atom is -0.361 e. The van der Waals surface area contributed by atoms with E-state index in [0.717, 1.165) is 11.9 Å². The molecule has 0 radical (unpaired) electrons. The summed E-state index contributed by atoms with van der Waals surface area (Å²) in [6, 6.07) is 14.5. The van der Waals surface area contributed by atoms with Crippen molar-refractivity contribution in [3.8, 4) is 0 Å². The lowest BCUT2D eigenvalue weighted by molar-refractivity contribution is 0.473. The van der Waals surface area contributed by atoms with Crippen molar-refractivity contribution in [1.82, 2.24) is 9.29 Å². The van der Waals surface area contributed by atoms with E-state index in [0.29, 0.717) is 23.0 Å². The van der Waals surface area contributed by atoms with Gasteiger partial charge in [0.2, 0.25) is 10.0 Å². The Labute approximate surface area is 146 Å². The number of sulfonamides is 1. The molecule has 2 aromatic carbocycles. The summed E-state index contributed by atoms with van der Waals surface area (Å²) in [5, 5.41) is 1.71. The molecule has 1 aliphatic rings. The Balaban J connectivity index is 1.61. The van der Waals surface area contributed by atoms with E-state index in [4.69, 9.17) is 11.6 Å². The summed E-state index contributed by atoms with van der Waals surface area (Å²) >= 11 is 5.86. The van der Waals surface area contributed by atoms with Crippen molar-refractivity contribution in [2.24, 2.45) is 0 Å². The van der Waals surface area contributed by atoms with Gasteiger partial charge in [0.25, 0.3) is 0 Å². The summed E-state index contributed by atoms with van der Waals surface area (Å²) in [7, 11) is -3.47. The second-order valence-electron chi connectivity index (χ2n) is 6.09. The molecule has 1 aromatic heterocycles. The lowest BCUT2D eigenvalue weighted by Crippen LogP contribution is -2.28. The Bertz CT molecular complexity index is 980. The zero-order chi connectivity index (χ0) is 16.7. The topological polar surface area (TPSA) is 53.2 Å². The number of hydrogen-bond donors (Lipinski definition) is 1. The van der Waals surface area contributed by atoms with Gasteiger partial charge in [0, 0.05) is 41.1 Å². The monoisotopic (exact) mass is 360 g/mol. The molecule has 0 amide bonds. The lowest BCUT2D eigenvalue weighted by atomic mass is 9.98. The number of H-pyrrole nitrogens is 1. The minimum atomic E-state index is -3.47. The van der Waals surface area contributed by atoms with E-state index in [1.54, 1.807) is 28.6 Å². The molecule has 1 aliphatic heterocycles. The standard InChI is InChI=1S/C18H17ClN2O2S/c19-14-5-7-15(8-6-14)24(22,23)21-10-9-13(12-21)17-11-20-18-4-2-1-3-16(17)18/h1-8,11,13,20H,9-10,12H2. The number of benzene rings is 2. The van der Waals surface area contributed by atoms with Crippen LogP contribution in [0.3, 0.4) is 0 Å². The fraction of sp³-hybridized carbons (Fsp3) is 0.222. The molecule has 0 spiro atoms. The van der Waals surface area contributed by atoms with Gasteiger partial charge in [-0.05, 0) is 42.3 Å². The predicted molar refractivity (Wildman–Crippen MR) is 95.9 cm³/mol. The number of para-hydroxylation sites is 1. The molecule has 0 bridgehead atoms. The molecule has 4 rings (SSSR count). The van der Waals surface area contributed by atoms with Gasteiger partial charge < -0.3 is 4.98 Å². The fourth-order valence-electron chi connectivity index (χ4n) is 3.39. The molecular formula is C18H17ClN2O2S. The highest BCUT2D eigenvalue weighted by molar-refractivity contribution is 7.89. The van der Waals surface area contributed by atoms with E-state index in [2.05, 4.69) is 11.1 Å². The Kier molecular flexibility index (Phi) is 3.87. The van der Waals surface area contributed by atoms with Gasteiger partial charge in [0.15, 0.2) is 0 Å². The maximum Gasteiger partial charge on any atom is 0.243 e. The number of nitrogens with one attached hydrogen (secondary N) is 1. The summed E-state index contributed by atoms with van der Waals surface area (Å²) < 4.78 is 27.2. The van der Waals surface area contributed by atoms with Crippen LogP contribution < -0.4 is 0 Å². The maximum absolute atomic E-state index is 12.8. The van der Waals surface area contributed by atoms with Crippen molar-refractivity contribution in [2.75, 3.05) is 13.1 Å². The highest BCUT2D eigenvalue weighted by Crippen LogP contribution is 2.34. The summed E-state index contributed by atoms with van der Waals surface area (Å²) in [4.78, 5) is 3.57. The van der Waals surface area contributed by atoms with Crippen molar-refractivity contribution >= 4 is 32.5 Å². The third-order valence-corrected chi connectivity index (χ3v) is 6.79. The number of aromatic nitrogens is 1. The van der Waals surface area contributed by atoms with Crippen molar-refractivity contribution in [1.29, 1.82) is 0 Å². The third kappa shape index (κ3) is 2.62. The Morgan fingerprint density at radius 3 is 2.62 bits per heavy atom. The van der Waals surface area contributed by atoms with Gasteiger partial charge in [-0.3, -0.25) is 0 Å². The summed E-state index contributed by atoms with van der Waals surface area (Å²) in [5.41, 5.74) is 2.28. The van der Waals surface area contributed by atoms with Gasteiger partial charge in [-0.15, -0.1) is 0 Å². The number of fused-ring (bicyclic) bond motifs is 1. The van der Waals surface area contributed by atoms with Crippen molar-refractivity contribution < 1.29 is 8.42 Å². The highest BCUT2D eigenvalue weighted by atomic mass is 35.5. The SMILES string of the molecule is O=S(=O)(c1ccc(Cl)cc1)N1CCC(c2c[nH]c3ccccc23)C1. The first-order valence-electron chi connectivity index (χ1n) is 7.87. The average Bonchev–Trinajstić information content (AvgIpc) is 3.22. The molecule has 0 aliphatic carbocycles. The molecule has 2 heterocycles. The molecule has 3 aromatic rings. The molecule has 0 saturated carbocycles. The molecule has 24 heavy (non-hydrogen) atoms. The third-order valence-electron chi connectivity index (χ3n) is 4.66. The van der Waals surface area contributed by atoms with Crippen LogP contribution in [0.25, 0.3) is 10.9 Å².